The summed E-state index contributed by atoms with van der Waals surface area (Å²) in [6.07, 6.45) is 3.86. The minimum Gasteiger partial charge on any atom is -0.493 e. The number of fused-ring (bicyclic) bond motifs is 1. The van der Waals surface area contributed by atoms with Crippen LogP contribution in [0, 0.1) is 0 Å². The van der Waals surface area contributed by atoms with Crippen LogP contribution in [0.5, 0.6) is 11.5 Å². The molecule has 0 aliphatic heterocycles. The lowest BCUT2D eigenvalue weighted by Crippen LogP contribution is -2.03. The van der Waals surface area contributed by atoms with E-state index in [1.165, 1.54) is 14.0 Å². The molecular formula is C20H16BrNO3. The van der Waals surface area contributed by atoms with E-state index < -0.39 is 5.97 Å². The molecule has 0 aliphatic rings. The van der Waals surface area contributed by atoms with E-state index >= 15 is 0 Å². The molecule has 4 nitrogen and oxygen atoms in total. The second-order valence-corrected chi connectivity index (χ2v) is 6.23. The quantitative estimate of drug-likeness (QED) is 0.453. The van der Waals surface area contributed by atoms with Crippen molar-refractivity contribution >= 4 is 45.0 Å². The number of rotatable bonds is 4. The molecule has 0 amide bonds. The first-order valence-corrected chi connectivity index (χ1v) is 8.46. The summed E-state index contributed by atoms with van der Waals surface area (Å²) in [5.41, 5.74) is 2.70. The van der Waals surface area contributed by atoms with Crippen molar-refractivity contribution in [1.82, 2.24) is 4.98 Å². The van der Waals surface area contributed by atoms with Gasteiger partial charge in [-0.1, -0.05) is 46.3 Å². The molecule has 1 heterocycles. The third-order valence-electron chi connectivity index (χ3n) is 3.59. The van der Waals surface area contributed by atoms with Gasteiger partial charge in [-0.05, 0) is 35.9 Å². The molecule has 1 aromatic heterocycles. The maximum Gasteiger partial charge on any atom is 0.308 e. The van der Waals surface area contributed by atoms with Gasteiger partial charge in [0, 0.05) is 16.8 Å². The van der Waals surface area contributed by atoms with Crippen LogP contribution in [0.3, 0.4) is 0 Å². The highest BCUT2D eigenvalue weighted by Crippen LogP contribution is 2.34. The van der Waals surface area contributed by atoms with Gasteiger partial charge in [-0.2, -0.15) is 0 Å². The van der Waals surface area contributed by atoms with Gasteiger partial charge in [-0.15, -0.1) is 0 Å². The molecule has 0 atom stereocenters. The van der Waals surface area contributed by atoms with Crippen molar-refractivity contribution in [3.05, 3.63) is 64.3 Å². The number of methoxy groups -OCH3 is 1. The average molecular weight is 398 g/mol. The first-order chi connectivity index (χ1) is 12.1. The molecular weight excluding hydrogens is 382 g/mol. The Hall–Kier alpha value is -2.66. The molecule has 3 aromatic rings. The monoisotopic (exact) mass is 397 g/mol. The number of ether oxygens (including phenoxy) is 2. The number of halogens is 1. The SMILES string of the molecule is COc1cc(C=Cc2ccc3ccccc3n2)c(Br)cc1OC(C)=O. The van der Waals surface area contributed by atoms with E-state index in [1.54, 1.807) is 12.1 Å². The van der Waals surface area contributed by atoms with Gasteiger partial charge in [0.1, 0.15) is 0 Å². The van der Waals surface area contributed by atoms with Crippen LogP contribution in [0.4, 0.5) is 0 Å². The first-order valence-electron chi connectivity index (χ1n) is 7.66. The number of esters is 1. The molecule has 0 saturated heterocycles. The van der Waals surface area contributed by atoms with E-state index in [4.69, 9.17) is 9.47 Å². The fourth-order valence-corrected chi connectivity index (χ4v) is 2.88. The van der Waals surface area contributed by atoms with Crippen molar-refractivity contribution in [2.24, 2.45) is 0 Å². The summed E-state index contributed by atoms with van der Waals surface area (Å²) in [5, 5.41) is 1.10. The molecule has 2 aromatic carbocycles. The normalized spacial score (nSPS) is 11.0. The number of hydrogen-bond acceptors (Lipinski definition) is 4. The van der Waals surface area contributed by atoms with Gasteiger partial charge >= 0.3 is 5.97 Å². The summed E-state index contributed by atoms with van der Waals surface area (Å²) in [6, 6.07) is 15.5. The van der Waals surface area contributed by atoms with Gasteiger partial charge < -0.3 is 9.47 Å². The molecule has 5 heteroatoms. The van der Waals surface area contributed by atoms with Crippen molar-refractivity contribution < 1.29 is 14.3 Å². The van der Waals surface area contributed by atoms with Crippen LogP contribution >= 0.6 is 15.9 Å². The van der Waals surface area contributed by atoms with Gasteiger partial charge in [-0.25, -0.2) is 4.98 Å². The van der Waals surface area contributed by atoms with Crippen LogP contribution in [0.2, 0.25) is 0 Å². The van der Waals surface area contributed by atoms with E-state index in [9.17, 15) is 4.79 Å². The van der Waals surface area contributed by atoms with Crippen molar-refractivity contribution in [2.75, 3.05) is 7.11 Å². The first kappa shape index (κ1) is 17.2. The molecule has 3 rings (SSSR count). The Bertz CT molecular complexity index is 966. The topological polar surface area (TPSA) is 48.4 Å². The maximum absolute atomic E-state index is 11.2. The summed E-state index contributed by atoms with van der Waals surface area (Å²) in [7, 11) is 1.54. The van der Waals surface area contributed by atoms with Gasteiger partial charge in [0.05, 0.1) is 18.3 Å². The van der Waals surface area contributed by atoms with E-state index in [1.807, 2.05) is 48.6 Å². The number of aromatic nitrogens is 1. The van der Waals surface area contributed by atoms with Crippen molar-refractivity contribution in [2.45, 2.75) is 6.92 Å². The predicted octanol–water partition coefficient (Wildman–Crippen LogP) is 5.10. The Morgan fingerprint density at radius 1 is 1.08 bits per heavy atom. The summed E-state index contributed by atoms with van der Waals surface area (Å²) < 4.78 is 11.2. The van der Waals surface area contributed by atoms with Crippen molar-refractivity contribution in [3.63, 3.8) is 0 Å². The molecule has 0 spiro atoms. The number of carbonyl (C=O) groups excluding carboxylic acids is 1. The highest BCUT2D eigenvalue weighted by atomic mass is 79.9. The van der Waals surface area contributed by atoms with Gasteiger partial charge in [0.2, 0.25) is 0 Å². The second kappa shape index (κ2) is 7.49. The van der Waals surface area contributed by atoms with Crippen LogP contribution in [-0.4, -0.2) is 18.1 Å². The largest absolute Gasteiger partial charge is 0.493 e. The van der Waals surface area contributed by atoms with Crippen molar-refractivity contribution in [3.8, 4) is 11.5 Å². The predicted molar refractivity (Wildman–Crippen MR) is 103 cm³/mol. The third kappa shape index (κ3) is 4.06. The Morgan fingerprint density at radius 3 is 2.64 bits per heavy atom. The molecule has 0 fully saturated rings. The number of benzene rings is 2. The van der Waals surface area contributed by atoms with Crippen LogP contribution < -0.4 is 9.47 Å². The van der Waals surface area contributed by atoms with E-state index in [0.717, 1.165) is 26.6 Å². The zero-order valence-electron chi connectivity index (χ0n) is 13.8. The summed E-state index contributed by atoms with van der Waals surface area (Å²) in [5.74, 6) is 0.473. The third-order valence-corrected chi connectivity index (χ3v) is 4.28. The van der Waals surface area contributed by atoms with E-state index in [2.05, 4.69) is 20.9 Å². The Balaban J connectivity index is 1.92. The zero-order valence-corrected chi connectivity index (χ0v) is 15.4. The van der Waals surface area contributed by atoms with Gasteiger partial charge in [-0.3, -0.25) is 4.79 Å². The van der Waals surface area contributed by atoms with Crippen molar-refractivity contribution in [1.29, 1.82) is 0 Å². The van der Waals surface area contributed by atoms with Crippen LogP contribution in [-0.2, 0) is 4.79 Å². The number of pyridine rings is 1. The number of hydrogen-bond donors (Lipinski definition) is 0. The minimum atomic E-state index is -0.395. The fraction of sp³-hybridized carbons (Fsp3) is 0.100. The molecule has 0 aliphatic carbocycles. The number of para-hydroxylation sites is 1. The van der Waals surface area contributed by atoms with Gasteiger partial charge in [0.15, 0.2) is 11.5 Å². The lowest BCUT2D eigenvalue weighted by Gasteiger charge is -2.10. The van der Waals surface area contributed by atoms with Gasteiger partial charge in [0.25, 0.3) is 0 Å². The van der Waals surface area contributed by atoms with Crippen LogP contribution in [0.1, 0.15) is 18.2 Å². The molecule has 0 unspecified atom stereocenters. The highest BCUT2D eigenvalue weighted by Gasteiger charge is 2.10. The molecule has 0 saturated carbocycles. The summed E-state index contributed by atoms with van der Waals surface area (Å²) >= 11 is 3.50. The molecule has 0 radical (unpaired) electrons. The van der Waals surface area contributed by atoms with Crippen LogP contribution in [0.15, 0.2) is 53.0 Å². The average Bonchev–Trinajstić information content (AvgIpc) is 2.60. The lowest BCUT2D eigenvalue weighted by atomic mass is 10.1. The Morgan fingerprint density at radius 2 is 1.88 bits per heavy atom. The second-order valence-electron chi connectivity index (χ2n) is 5.38. The zero-order chi connectivity index (χ0) is 17.8. The highest BCUT2D eigenvalue weighted by molar-refractivity contribution is 9.10. The van der Waals surface area contributed by atoms with Crippen LogP contribution in [0.25, 0.3) is 23.1 Å². The fourth-order valence-electron chi connectivity index (χ4n) is 2.42. The molecule has 25 heavy (non-hydrogen) atoms. The summed E-state index contributed by atoms with van der Waals surface area (Å²) in [4.78, 5) is 15.8. The lowest BCUT2D eigenvalue weighted by molar-refractivity contribution is -0.132. The smallest absolute Gasteiger partial charge is 0.308 e. The van der Waals surface area contributed by atoms with E-state index in [0.29, 0.717) is 11.5 Å². The number of nitrogens with zero attached hydrogens (tertiary/aromatic N) is 1. The standard InChI is InChI=1S/C20H16BrNO3/c1-13(23)25-20-12-17(21)15(11-19(20)24-2)8-10-16-9-7-14-5-3-4-6-18(14)22-16/h3-12H,1-2H3. The Kier molecular flexibility index (Phi) is 5.14. The maximum atomic E-state index is 11.2. The van der Waals surface area contributed by atoms with E-state index in [-0.39, 0.29) is 0 Å². The molecule has 0 bridgehead atoms. The number of carbonyl (C=O) groups is 1. The Labute approximate surface area is 154 Å². The molecule has 0 N–H and O–H groups in total. The minimum absolute atomic E-state index is 0.378. The molecule has 126 valence electrons. The summed E-state index contributed by atoms with van der Waals surface area (Å²) in [6.45, 7) is 1.35.